The van der Waals surface area contributed by atoms with Gasteiger partial charge in [0.1, 0.15) is 6.04 Å². The molecule has 1 fully saturated rings. The van der Waals surface area contributed by atoms with Gasteiger partial charge in [0.2, 0.25) is 12.7 Å². The van der Waals surface area contributed by atoms with Gasteiger partial charge in [0.05, 0.1) is 6.54 Å². The molecule has 2 aliphatic heterocycles. The number of carboxylic acids is 1. The lowest BCUT2D eigenvalue weighted by molar-refractivity contribution is -0.142. The van der Waals surface area contributed by atoms with Crippen LogP contribution in [0.25, 0.3) is 0 Å². The Kier molecular flexibility index (Phi) is 4.52. The van der Waals surface area contributed by atoms with Crippen LogP contribution in [0.2, 0.25) is 0 Å². The van der Waals surface area contributed by atoms with Crippen LogP contribution in [0.5, 0.6) is 11.5 Å². The molecule has 24 heavy (non-hydrogen) atoms. The summed E-state index contributed by atoms with van der Waals surface area (Å²) in [7, 11) is 0. The van der Waals surface area contributed by atoms with E-state index < -0.39 is 23.9 Å². The monoisotopic (exact) mass is 335 g/mol. The standard InChI is InChI=1S/C15H17N3O6/c19-13(7-18-5-1-2-10(18)14(20)21)17-15(22)16-9-3-4-11-12(6-9)24-8-23-11/h3-4,6,10H,1-2,5,7-8H2,(H,20,21)(H2,16,17,19,22). The maximum Gasteiger partial charge on any atom is 0.325 e. The number of aliphatic carboxylic acids is 1. The molecule has 0 radical (unpaired) electrons. The number of nitrogens with zero attached hydrogens (tertiary/aromatic N) is 1. The zero-order chi connectivity index (χ0) is 17.1. The first kappa shape index (κ1) is 16.1. The second-order valence-corrected chi connectivity index (χ2v) is 5.54. The van der Waals surface area contributed by atoms with Crippen LogP contribution < -0.4 is 20.1 Å². The molecule has 0 spiro atoms. The third kappa shape index (κ3) is 3.57. The summed E-state index contributed by atoms with van der Waals surface area (Å²) in [5.41, 5.74) is 0.453. The number of nitrogens with one attached hydrogen (secondary N) is 2. The summed E-state index contributed by atoms with van der Waals surface area (Å²) in [4.78, 5) is 36.4. The normalized spacial score (nSPS) is 19.1. The maximum atomic E-state index is 11.9. The van der Waals surface area contributed by atoms with Crippen molar-refractivity contribution in [2.45, 2.75) is 18.9 Å². The molecule has 128 valence electrons. The number of carbonyl (C=O) groups is 3. The Labute approximate surface area is 137 Å². The van der Waals surface area contributed by atoms with Crippen LogP contribution in [-0.2, 0) is 9.59 Å². The van der Waals surface area contributed by atoms with Crippen LogP contribution in [0.1, 0.15) is 12.8 Å². The second-order valence-electron chi connectivity index (χ2n) is 5.54. The van der Waals surface area contributed by atoms with E-state index in [1.165, 1.54) is 0 Å². The molecule has 2 aliphatic rings. The van der Waals surface area contributed by atoms with Crippen LogP contribution >= 0.6 is 0 Å². The van der Waals surface area contributed by atoms with E-state index in [9.17, 15) is 14.4 Å². The molecule has 1 atom stereocenters. The van der Waals surface area contributed by atoms with E-state index in [0.29, 0.717) is 36.6 Å². The fourth-order valence-electron chi connectivity index (χ4n) is 2.78. The predicted molar refractivity (Wildman–Crippen MR) is 82.0 cm³/mol. The van der Waals surface area contributed by atoms with Crippen LogP contribution in [0.4, 0.5) is 10.5 Å². The van der Waals surface area contributed by atoms with Gasteiger partial charge in [0.25, 0.3) is 0 Å². The first-order valence-electron chi connectivity index (χ1n) is 7.50. The summed E-state index contributed by atoms with van der Waals surface area (Å²) in [5, 5.41) is 13.8. The summed E-state index contributed by atoms with van der Waals surface area (Å²) in [6.45, 7) is 0.518. The van der Waals surface area contributed by atoms with Gasteiger partial charge in [-0.25, -0.2) is 4.79 Å². The van der Waals surface area contributed by atoms with E-state index in [1.807, 2.05) is 0 Å². The molecule has 0 bridgehead atoms. The summed E-state index contributed by atoms with van der Waals surface area (Å²) < 4.78 is 10.4. The van der Waals surface area contributed by atoms with E-state index in [0.717, 1.165) is 0 Å². The highest BCUT2D eigenvalue weighted by atomic mass is 16.7. The van der Waals surface area contributed by atoms with Gasteiger partial charge in [0.15, 0.2) is 11.5 Å². The highest BCUT2D eigenvalue weighted by Gasteiger charge is 2.31. The molecule has 0 aromatic heterocycles. The minimum Gasteiger partial charge on any atom is -0.480 e. The van der Waals surface area contributed by atoms with Crippen molar-refractivity contribution >= 4 is 23.6 Å². The van der Waals surface area contributed by atoms with Crippen molar-refractivity contribution in [1.82, 2.24) is 10.2 Å². The molecule has 1 unspecified atom stereocenters. The number of amides is 3. The van der Waals surface area contributed by atoms with Gasteiger partial charge >= 0.3 is 12.0 Å². The van der Waals surface area contributed by atoms with Crippen molar-refractivity contribution in [3.05, 3.63) is 18.2 Å². The molecule has 2 heterocycles. The third-order valence-electron chi connectivity index (χ3n) is 3.88. The summed E-state index contributed by atoms with van der Waals surface area (Å²) in [5.74, 6) is -0.405. The van der Waals surface area contributed by atoms with E-state index in [4.69, 9.17) is 14.6 Å². The van der Waals surface area contributed by atoms with E-state index in [-0.39, 0.29) is 13.3 Å². The Balaban J connectivity index is 1.51. The third-order valence-corrected chi connectivity index (χ3v) is 3.88. The van der Waals surface area contributed by atoms with Crippen LogP contribution in [-0.4, -0.2) is 53.8 Å². The zero-order valence-electron chi connectivity index (χ0n) is 12.8. The predicted octanol–water partition coefficient (Wildman–Crippen LogP) is 0.612. The minimum absolute atomic E-state index is 0.129. The molecule has 9 heteroatoms. The molecule has 3 rings (SSSR count). The van der Waals surface area contributed by atoms with Gasteiger partial charge < -0.3 is 19.9 Å². The first-order chi connectivity index (χ1) is 11.5. The molecule has 1 aromatic rings. The summed E-state index contributed by atoms with van der Waals surface area (Å²) in [6, 6.07) is 3.51. The number of hydrogen-bond donors (Lipinski definition) is 3. The minimum atomic E-state index is -0.954. The number of imide groups is 1. The molecular weight excluding hydrogens is 318 g/mol. The highest BCUT2D eigenvalue weighted by molar-refractivity contribution is 6.02. The SMILES string of the molecule is O=C(CN1CCCC1C(=O)O)NC(=O)Nc1ccc2c(c1)OCO2. The number of benzene rings is 1. The van der Waals surface area contributed by atoms with Gasteiger partial charge in [0, 0.05) is 11.8 Å². The van der Waals surface area contributed by atoms with Crippen molar-refractivity contribution in [1.29, 1.82) is 0 Å². The molecule has 0 saturated carbocycles. The van der Waals surface area contributed by atoms with Crippen molar-refractivity contribution in [2.75, 3.05) is 25.2 Å². The number of likely N-dealkylation sites (tertiary alicyclic amines) is 1. The number of carboxylic acid groups (broad SMARTS) is 1. The lowest BCUT2D eigenvalue weighted by Crippen LogP contribution is -2.45. The van der Waals surface area contributed by atoms with Crippen molar-refractivity contribution in [2.24, 2.45) is 0 Å². The average Bonchev–Trinajstić information content (AvgIpc) is 3.14. The molecule has 1 aromatic carbocycles. The largest absolute Gasteiger partial charge is 0.480 e. The van der Waals surface area contributed by atoms with Gasteiger partial charge in [-0.3, -0.25) is 19.8 Å². The van der Waals surface area contributed by atoms with Crippen molar-refractivity contribution < 1.29 is 29.0 Å². The lowest BCUT2D eigenvalue weighted by Gasteiger charge is -2.19. The van der Waals surface area contributed by atoms with Gasteiger partial charge in [-0.15, -0.1) is 0 Å². The number of ether oxygens (including phenoxy) is 2. The number of urea groups is 1. The second kappa shape index (κ2) is 6.75. The smallest absolute Gasteiger partial charge is 0.325 e. The topological polar surface area (TPSA) is 117 Å². The Morgan fingerprint density at radius 2 is 2.04 bits per heavy atom. The maximum absolute atomic E-state index is 11.9. The fraction of sp³-hybridized carbons (Fsp3) is 0.400. The molecule has 1 saturated heterocycles. The number of anilines is 1. The fourth-order valence-corrected chi connectivity index (χ4v) is 2.78. The Morgan fingerprint density at radius 1 is 1.25 bits per heavy atom. The van der Waals surface area contributed by atoms with Crippen LogP contribution in [0.3, 0.4) is 0 Å². The van der Waals surface area contributed by atoms with Gasteiger partial charge in [-0.05, 0) is 31.5 Å². The average molecular weight is 335 g/mol. The Bertz CT molecular complexity index is 677. The van der Waals surface area contributed by atoms with Gasteiger partial charge in [-0.2, -0.15) is 0 Å². The lowest BCUT2D eigenvalue weighted by atomic mass is 10.2. The number of fused-ring (bicyclic) bond motifs is 1. The number of carbonyl (C=O) groups excluding carboxylic acids is 2. The van der Waals surface area contributed by atoms with Gasteiger partial charge in [-0.1, -0.05) is 0 Å². The number of rotatable bonds is 4. The van der Waals surface area contributed by atoms with Crippen molar-refractivity contribution in [3.8, 4) is 11.5 Å². The van der Waals surface area contributed by atoms with Crippen LogP contribution in [0.15, 0.2) is 18.2 Å². The van der Waals surface area contributed by atoms with E-state index in [1.54, 1.807) is 23.1 Å². The van der Waals surface area contributed by atoms with Crippen LogP contribution in [0, 0.1) is 0 Å². The van der Waals surface area contributed by atoms with E-state index >= 15 is 0 Å². The zero-order valence-corrected chi connectivity index (χ0v) is 12.8. The summed E-state index contributed by atoms with van der Waals surface area (Å²) >= 11 is 0. The summed E-state index contributed by atoms with van der Waals surface area (Å²) in [6.07, 6.45) is 1.22. The molecule has 9 nitrogen and oxygen atoms in total. The molecule has 0 aliphatic carbocycles. The molecular formula is C15H17N3O6. The molecule has 3 N–H and O–H groups in total. The Morgan fingerprint density at radius 3 is 2.83 bits per heavy atom. The molecule has 3 amide bonds. The quantitative estimate of drug-likeness (QED) is 0.738. The van der Waals surface area contributed by atoms with E-state index in [2.05, 4.69) is 10.6 Å². The highest BCUT2D eigenvalue weighted by Crippen LogP contribution is 2.34. The first-order valence-corrected chi connectivity index (χ1v) is 7.50. The van der Waals surface area contributed by atoms with Crippen molar-refractivity contribution in [3.63, 3.8) is 0 Å². The Hall–Kier alpha value is -2.81. The number of hydrogen-bond acceptors (Lipinski definition) is 6.